The lowest BCUT2D eigenvalue weighted by atomic mass is 10.1. The molecule has 0 atom stereocenters. The first-order chi connectivity index (χ1) is 7.26. The lowest BCUT2D eigenvalue weighted by Crippen LogP contribution is -1.88. The van der Waals surface area contributed by atoms with Gasteiger partial charge in [-0.3, -0.25) is 4.79 Å². The summed E-state index contributed by atoms with van der Waals surface area (Å²) in [7, 11) is 1.61. The van der Waals surface area contributed by atoms with Gasteiger partial charge in [-0.25, -0.2) is 0 Å². The molecule has 2 rings (SSSR count). The molecule has 0 spiro atoms. The Balaban J connectivity index is 2.81. The Morgan fingerprint density at radius 1 is 1.27 bits per heavy atom. The van der Waals surface area contributed by atoms with Gasteiger partial charge >= 0.3 is 0 Å². The van der Waals surface area contributed by atoms with Crippen LogP contribution in [-0.4, -0.2) is 13.4 Å². The normalized spacial score (nSPS) is 10.3. The fraction of sp³-hybridized carbons (Fsp3) is 0.0833. The van der Waals surface area contributed by atoms with Gasteiger partial charge in [0.05, 0.1) is 7.11 Å². The first-order valence-corrected chi connectivity index (χ1v) is 5.27. The van der Waals surface area contributed by atoms with Gasteiger partial charge in [0.15, 0.2) is 6.29 Å². The van der Waals surface area contributed by atoms with Gasteiger partial charge in [-0.15, -0.1) is 0 Å². The van der Waals surface area contributed by atoms with E-state index >= 15 is 0 Å². The second-order valence-electron chi connectivity index (χ2n) is 3.17. The molecule has 0 heterocycles. The topological polar surface area (TPSA) is 26.3 Å². The average molecular weight is 265 g/mol. The van der Waals surface area contributed by atoms with Crippen LogP contribution in [0.5, 0.6) is 5.75 Å². The zero-order valence-corrected chi connectivity index (χ0v) is 9.74. The van der Waals surface area contributed by atoms with Crippen molar-refractivity contribution in [2.45, 2.75) is 0 Å². The molecule has 0 aliphatic rings. The molecular weight excluding hydrogens is 256 g/mol. The minimum Gasteiger partial charge on any atom is -0.497 e. The fourth-order valence-corrected chi connectivity index (χ4v) is 1.98. The van der Waals surface area contributed by atoms with Crippen LogP contribution in [-0.2, 0) is 0 Å². The van der Waals surface area contributed by atoms with Gasteiger partial charge in [0, 0.05) is 10.0 Å². The highest BCUT2D eigenvalue weighted by atomic mass is 79.9. The van der Waals surface area contributed by atoms with Crippen LogP contribution in [0.2, 0.25) is 0 Å². The Hall–Kier alpha value is -1.35. The molecule has 15 heavy (non-hydrogen) atoms. The van der Waals surface area contributed by atoms with Crippen LogP contribution < -0.4 is 4.74 Å². The van der Waals surface area contributed by atoms with E-state index in [1.165, 1.54) is 0 Å². The maximum absolute atomic E-state index is 11.0. The summed E-state index contributed by atoms with van der Waals surface area (Å²) in [5.41, 5.74) is 0.659. The molecule has 0 radical (unpaired) electrons. The summed E-state index contributed by atoms with van der Waals surface area (Å²) in [5.74, 6) is 0.753. The minimum atomic E-state index is 0.659. The van der Waals surface area contributed by atoms with Gasteiger partial charge in [-0.2, -0.15) is 0 Å². The zero-order valence-electron chi connectivity index (χ0n) is 8.16. The summed E-state index contributed by atoms with van der Waals surface area (Å²) in [6.45, 7) is 0. The molecule has 3 heteroatoms. The standard InChI is InChI=1S/C12H9BrO2/c1-15-9-4-2-8-3-5-12(13)11(7-14)10(8)6-9/h2-7H,1H3. The molecule has 0 fully saturated rings. The number of halogens is 1. The number of ether oxygens (including phenoxy) is 1. The van der Waals surface area contributed by atoms with Gasteiger partial charge in [0.25, 0.3) is 0 Å². The Labute approximate surface area is 96.0 Å². The van der Waals surface area contributed by atoms with Crippen molar-refractivity contribution in [3.05, 3.63) is 40.4 Å². The van der Waals surface area contributed by atoms with Gasteiger partial charge in [-0.1, -0.05) is 28.1 Å². The smallest absolute Gasteiger partial charge is 0.151 e. The monoisotopic (exact) mass is 264 g/mol. The summed E-state index contributed by atoms with van der Waals surface area (Å²) in [4.78, 5) is 11.0. The maximum Gasteiger partial charge on any atom is 0.151 e. The van der Waals surface area contributed by atoms with E-state index in [1.54, 1.807) is 7.11 Å². The fourth-order valence-electron chi connectivity index (χ4n) is 1.54. The quantitative estimate of drug-likeness (QED) is 0.777. The SMILES string of the molecule is COc1ccc2ccc(Br)c(C=O)c2c1. The van der Waals surface area contributed by atoms with Crippen molar-refractivity contribution in [2.24, 2.45) is 0 Å². The molecule has 0 amide bonds. The van der Waals surface area contributed by atoms with Crippen LogP contribution in [0.4, 0.5) is 0 Å². The summed E-state index contributed by atoms with van der Waals surface area (Å²) in [6, 6.07) is 9.52. The third kappa shape index (κ3) is 1.75. The minimum absolute atomic E-state index is 0.659. The van der Waals surface area contributed by atoms with Crippen molar-refractivity contribution in [3.8, 4) is 5.75 Å². The Morgan fingerprint density at radius 3 is 2.67 bits per heavy atom. The Kier molecular flexibility index (Phi) is 2.73. The molecule has 0 aliphatic heterocycles. The maximum atomic E-state index is 11.0. The summed E-state index contributed by atoms with van der Waals surface area (Å²) in [6.07, 6.45) is 0.853. The summed E-state index contributed by atoms with van der Waals surface area (Å²) < 4.78 is 5.93. The van der Waals surface area contributed by atoms with Crippen LogP contribution in [0, 0.1) is 0 Å². The lowest BCUT2D eigenvalue weighted by molar-refractivity contribution is 0.112. The molecule has 0 N–H and O–H groups in total. The number of benzene rings is 2. The van der Waals surface area contributed by atoms with Crippen LogP contribution in [0.1, 0.15) is 10.4 Å². The average Bonchev–Trinajstić information content (AvgIpc) is 2.28. The molecule has 2 aromatic rings. The second kappa shape index (κ2) is 4.03. The molecular formula is C12H9BrO2. The second-order valence-corrected chi connectivity index (χ2v) is 4.02. The summed E-state index contributed by atoms with van der Waals surface area (Å²) >= 11 is 3.35. The number of hydrogen-bond donors (Lipinski definition) is 0. The van der Waals surface area contributed by atoms with Crippen molar-refractivity contribution >= 4 is 33.0 Å². The van der Waals surface area contributed by atoms with Crippen molar-refractivity contribution in [2.75, 3.05) is 7.11 Å². The highest BCUT2D eigenvalue weighted by Crippen LogP contribution is 2.28. The van der Waals surface area contributed by atoms with Gasteiger partial charge in [-0.05, 0) is 29.0 Å². The predicted octanol–water partition coefficient (Wildman–Crippen LogP) is 3.42. The molecule has 2 aromatic carbocycles. The number of aldehydes is 1. The van der Waals surface area contributed by atoms with E-state index in [2.05, 4.69) is 15.9 Å². The highest BCUT2D eigenvalue weighted by Gasteiger charge is 2.05. The van der Waals surface area contributed by atoms with E-state index in [9.17, 15) is 4.79 Å². The number of hydrogen-bond acceptors (Lipinski definition) is 2. The van der Waals surface area contributed by atoms with E-state index in [0.717, 1.165) is 27.3 Å². The molecule has 0 bridgehead atoms. The molecule has 0 aliphatic carbocycles. The zero-order chi connectivity index (χ0) is 10.8. The van der Waals surface area contributed by atoms with E-state index < -0.39 is 0 Å². The predicted molar refractivity (Wildman–Crippen MR) is 63.6 cm³/mol. The Bertz CT molecular complexity index is 520. The first-order valence-electron chi connectivity index (χ1n) is 4.47. The lowest BCUT2D eigenvalue weighted by Gasteiger charge is -2.05. The van der Waals surface area contributed by atoms with Crippen LogP contribution >= 0.6 is 15.9 Å². The Morgan fingerprint density at radius 2 is 2.00 bits per heavy atom. The number of fused-ring (bicyclic) bond motifs is 1. The van der Waals surface area contributed by atoms with Crippen molar-refractivity contribution < 1.29 is 9.53 Å². The number of carbonyl (C=O) groups is 1. The third-order valence-electron chi connectivity index (χ3n) is 2.34. The highest BCUT2D eigenvalue weighted by molar-refractivity contribution is 9.10. The number of rotatable bonds is 2. The van der Waals surface area contributed by atoms with E-state index in [0.29, 0.717) is 5.56 Å². The van der Waals surface area contributed by atoms with Gasteiger partial charge in [0.1, 0.15) is 5.75 Å². The summed E-state index contributed by atoms with van der Waals surface area (Å²) in [5, 5.41) is 1.93. The largest absolute Gasteiger partial charge is 0.497 e. The molecule has 0 unspecified atom stereocenters. The number of methoxy groups -OCH3 is 1. The first kappa shape index (κ1) is 10.2. The van der Waals surface area contributed by atoms with Gasteiger partial charge < -0.3 is 4.74 Å². The van der Waals surface area contributed by atoms with Crippen molar-refractivity contribution in [3.63, 3.8) is 0 Å². The molecule has 0 saturated heterocycles. The van der Waals surface area contributed by atoms with Crippen molar-refractivity contribution in [1.29, 1.82) is 0 Å². The van der Waals surface area contributed by atoms with E-state index in [4.69, 9.17) is 4.74 Å². The molecule has 0 aromatic heterocycles. The van der Waals surface area contributed by atoms with Crippen LogP contribution in [0.15, 0.2) is 34.8 Å². The number of carbonyl (C=O) groups excluding carboxylic acids is 1. The van der Waals surface area contributed by atoms with Crippen LogP contribution in [0.25, 0.3) is 10.8 Å². The molecule has 76 valence electrons. The molecule has 0 saturated carbocycles. The van der Waals surface area contributed by atoms with E-state index in [1.807, 2.05) is 30.3 Å². The van der Waals surface area contributed by atoms with Gasteiger partial charge in [0.2, 0.25) is 0 Å². The van der Waals surface area contributed by atoms with Crippen molar-refractivity contribution in [1.82, 2.24) is 0 Å². The van der Waals surface area contributed by atoms with Crippen LogP contribution in [0.3, 0.4) is 0 Å². The van der Waals surface area contributed by atoms with E-state index in [-0.39, 0.29) is 0 Å². The third-order valence-corrected chi connectivity index (χ3v) is 3.03. The molecule has 2 nitrogen and oxygen atoms in total.